The number of hydrogen-bond donors (Lipinski definition) is 1. The number of nitrogens with zero attached hydrogens (tertiary/aromatic N) is 3. The van der Waals surface area contributed by atoms with Crippen LogP contribution in [0, 0.1) is 11.3 Å². The summed E-state index contributed by atoms with van der Waals surface area (Å²) >= 11 is 0. The first-order valence-electron chi connectivity index (χ1n) is 8.83. The smallest absolute Gasteiger partial charge is 0.253 e. The van der Waals surface area contributed by atoms with Crippen molar-refractivity contribution in [3.63, 3.8) is 0 Å². The molecule has 0 bridgehead atoms. The summed E-state index contributed by atoms with van der Waals surface area (Å²) in [6.07, 6.45) is 0.672. The molecular weight excluding hydrogens is 326 g/mol. The van der Waals surface area contributed by atoms with Crippen molar-refractivity contribution in [3.05, 3.63) is 59.7 Å². The van der Waals surface area contributed by atoms with E-state index in [0.717, 1.165) is 17.7 Å². The average Bonchev–Trinajstić information content (AvgIpc) is 2.69. The van der Waals surface area contributed by atoms with Crippen molar-refractivity contribution in [1.29, 1.82) is 5.26 Å². The molecule has 0 radical (unpaired) electrons. The maximum Gasteiger partial charge on any atom is 0.253 e. The molecule has 0 aromatic heterocycles. The van der Waals surface area contributed by atoms with Gasteiger partial charge in [0, 0.05) is 37.8 Å². The fraction of sp³-hybridized carbons (Fsp3) is 0.333. The third-order valence-corrected chi connectivity index (χ3v) is 4.98. The van der Waals surface area contributed by atoms with Gasteiger partial charge in [-0.3, -0.25) is 9.69 Å². The van der Waals surface area contributed by atoms with Crippen LogP contribution in [0.1, 0.15) is 22.3 Å². The Morgan fingerprint density at radius 3 is 2.65 bits per heavy atom. The van der Waals surface area contributed by atoms with Gasteiger partial charge in [-0.2, -0.15) is 5.26 Å². The fourth-order valence-corrected chi connectivity index (χ4v) is 3.34. The number of carbonyl (C=O) groups is 1. The monoisotopic (exact) mass is 349 g/mol. The van der Waals surface area contributed by atoms with Crippen LogP contribution in [-0.2, 0) is 0 Å². The van der Waals surface area contributed by atoms with Crippen molar-refractivity contribution in [2.45, 2.75) is 12.5 Å². The first-order chi connectivity index (χ1) is 12.6. The fourth-order valence-electron chi connectivity index (χ4n) is 3.34. The number of piperazine rings is 1. The Labute approximate surface area is 154 Å². The predicted octanol–water partition coefficient (Wildman–Crippen LogP) is 2.36. The molecule has 0 saturated carbocycles. The molecule has 2 aromatic rings. The molecule has 5 nitrogen and oxygen atoms in total. The topological polar surface area (TPSA) is 67.6 Å². The molecule has 1 heterocycles. The standard InChI is InChI=1S/C21H23N3O2/c1-23-10-11-24(15-20(23)9-12-25)21(26)19-4-2-3-18(13-19)17-7-5-16(14-22)6-8-17/h2-8,13,20,25H,9-12,15H2,1H3/t20-/m0/s1. The van der Waals surface area contributed by atoms with E-state index < -0.39 is 0 Å². The highest BCUT2D eigenvalue weighted by molar-refractivity contribution is 5.95. The number of amides is 1. The van der Waals surface area contributed by atoms with E-state index in [-0.39, 0.29) is 18.6 Å². The van der Waals surface area contributed by atoms with E-state index in [1.165, 1.54) is 0 Å². The summed E-state index contributed by atoms with van der Waals surface area (Å²) in [5.74, 6) is 0.0246. The zero-order valence-electron chi connectivity index (χ0n) is 14.9. The van der Waals surface area contributed by atoms with Crippen molar-refractivity contribution < 1.29 is 9.90 Å². The van der Waals surface area contributed by atoms with Gasteiger partial charge in [-0.05, 0) is 48.9 Å². The normalized spacial score (nSPS) is 17.7. The second-order valence-corrected chi connectivity index (χ2v) is 6.67. The highest BCUT2D eigenvalue weighted by Gasteiger charge is 2.27. The van der Waals surface area contributed by atoms with Gasteiger partial charge in [0.1, 0.15) is 0 Å². The Balaban J connectivity index is 1.78. The molecule has 26 heavy (non-hydrogen) atoms. The third kappa shape index (κ3) is 3.93. The lowest BCUT2D eigenvalue weighted by molar-refractivity contribution is 0.0500. The number of nitriles is 1. The van der Waals surface area contributed by atoms with Crippen LogP contribution in [0.25, 0.3) is 11.1 Å². The largest absolute Gasteiger partial charge is 0.396 e. The molecule has 1 amide bonds. The summed E-state index contributed by atoms with van der Waals surface area (Å²) in [4.78, 5) is 17.0. The van der Waals surface area contributed by atoms with Gasteiger partial charge in [0.15, 0.2) is 0 Å². The Hall–Kier alpha value is -2.68. The molecular formula is C21H23N3O2. The molecule has 0 unspecified atom stereocenters. The third-order valence-electron chi connectivity index (χ3n) is 4.98. The Kier molecular flexibility index (Phi) is 5.67. The molecule has 1 N–H and O–H groups in total. The number of likely N-dealkylation sites (N-methyl/N-ethyl adjacent to an activating group) is 1. The number of carbonyl (C=O) groups excluding carboxylic acids is 1. The Morgan fingerprint density at radius 1 is 1.19 bits per heavy atom. The Morgan fingerprint density at radius 2 is 1.96 bits per heavy atom. The van der Waals surface area contributed by atoms with E-state index >= 15 is 0 Å². The summed E-state index contributed by atoms with van der Waals surface area (Å²) in [6, 6.07) is 17.3. The Bertz CT molecular complexity index is 811. The molecule has 0 spiro atoms. The van der Waals surface area contributed by atoms with Gasteiger partial charge in [-0.15, -0.1) is 0 Å². The van der Waals surface area contributed by atoms with Crippen LogP contribution in [0.4, 0.5) is 0 Å². The van der Waals surface area contributed by atoms with Crippen molar-refractivity contribution in [2.75, 3.05) is 33.3 Å². The molecule has 1 aliphatic rings. The van der Waals surface area contributed by atoms with Crippen LogP contribution in [0.5, 0.6) is 0 Å². The van der Waals surface area contributed by atoms with E-state index in [1.54, 1.807) is 12.1 Å². The lowest BCUT2D eigenvalue weighted by Crippen LogP contribution is -2.53. The molecule has 3 rings (SSSR count). The van der Waals surface area contributed by atoms with Gasteiger partial charge in [0.05, 0.1) is 11.6 Å². The second kappa shape index (κ2) is 8.13. The number of rotatable bonds is 4. The van der Waals surface area contributed by atoms with Gasteiger partial charge in [-0.1, -0.05) is 24.3 Å². The van der Waals surface area contributed by atoms with Crippen LogP contribution >= 0.6 is 0 Å². The lowest BCUT2D eigenvalue weighted by atomic mass is 10.0. The van der Waals surface area contributed by atoms with Crippen molar-refractivity contribution in [3.8, 4) is 17.2 Å². The SMILES string of the molecule is CN1CCN(C(=O)c2cccc(-c3ccc(C#N)cc3)c2)C[C@@H]1CCO. The summed E-state index contributed by atoms with van der Waals surface area (Å²) in [5.41, 5.74) is 3.23. The average molecular weight is 349 g/mol. The molecule has 0 aliphatic carbocycles. The molecule has 2 aromatic carbocycles. The molecule has 1 fully saturated rings. The van der Waals surface area contributed by atoms with Gasteiger partial charge in [0.2, 0.25) is 0 Å². The second-order valence-electron chi connectivity index (χ2n) is 6.67. The summed E-state index contributed by atoms with van der Waals surface area (Å²) in [6.45, 7) is 2.27. The van der Waals surface area contributed by atoms with Crippen molar-refractivity contribution in [1.82, 2.24) is 9.80 Å². The minimum absolute atomic E-state index is 0.0246. The first kappa shape index (κ1) is 18.1. The first-order valence-corrected chi connectivity index (χ1v) is 8.83. The zero-order valence-corrected chi connectivity index (χ0v) is 14.9. The number of benzene rings is 2. The van der Waals surface area contributed by atoms with E-state index in [1.807, 2.05) is 48.3 Å². The molecule has 1 aliphatic heterocycles. The van der Waals surface area contributed by atoms with Gasteiger partial charge in [-0.25, -0.2) is 0 Å². The van der Waals surface area contributed by atoms with Crippen molar-refractivity contribution in [2.24, 2.45) is 0 Å². The van der Waals surface area contributed by atoms with Gasteiger partial charge >= 0.3 is 0 Å². The molecule has 134 valence electrons. The quantitative estimate of drug-likeness (QED) is 0.920. The van der Waals surface area contributed by atoms with Crippen LogP contribution in [-0.4, -0.2) is 60.1 Å². The number of aliphatic hydroxyl groups is 1. The maximum absolute atomic E-state index is 12.9. The maximum atomic E-state index is 12.9. The van der Waals surface area contributed by atoms with Crippen molar-refractivity contribution >= 4 is 5.91 Å². The van der Waals surface area contributed by atoms with Crippen LogP contribution < -0.4 is 0 Å². The number of aliphatic hydroxyl groups excluding tert-OH is 1. The van der Waals surface area contributed by atoms with Gasteiger partial charge in [0.25, 0.3) is 5.91 Å². The number of hydrogen-bond acceptors (Lipinski definition) is 4. The molecule has 1 saturated heterocycles. The highest BCUT2D eigenvalue weighted by atomic mass is 16.3. The van der Waals surface area contributed by atoms with Gasteiger partial charge < -0.3 is 10.0 Å². The summed E-state index contributed by atoms with van der Waals surface area (Å²) < 4.78 is 0. The van der Waals surface area contributed by atoms with Crippen LogP contribution in [0.15, 0.2) is 48.5 Å². The lowest BCUT2D eigenvalue weighted by Gasteiger charge is -2.39. The summed E-state index contributed by atoms with van der Waals surface area (Å²) in [7, 11) is 2.04. The summed E-state index contributed by atoms with van der Waals surface area (Å²) in [5, 5.41) is 18.1. The minimum Gasteiger partial charge on any atom is -0.396 e. The highest BCUT2D eigenvalue weighted by Crippen LogP contribution is 2.22. The predicted molar refractivity (Wildman–Crippen MR) is 101 cm³/mol. The molecule has 1 atom stereocenters. The molecule has 5 heteroatoms. The van der Waals surface area contributed by atoms with E-state index in [2.05, 4.69) is 11.0 Å². The zero-order chi connectivity index (χ0) is 18.5. The van der Waals surface area contributed by atoms with E-state index in [9.17, 15) is 9.90 Å². The van der Waals surface area contributed by atoms with E-state index in [0.29, 0.717) is 30.6 Å². The van der Waals surface area contributed by atoms with Crippen LogP contribution in [0.3, 0.4) is 0 Å². The minimum atomic E-state index is 0.0246. The van der Waals surface area contributed by atoms with Crippen LogP contribution in [0.2, 0.25) is 0 Å². The van der Waals surface area contributed by atoms with E-state index in [4.69, 9.17) is 5.26 Å².